The number of thiophene rings is 1. The molecule has 0 saturated heterocycles. The molecule has 3 aromatic heterocycles. The van der Waals surface area contributed by atoms with E-state index in [0.717, 1.165) is 15.8 Å². The molecule has 154 valence electrons. The first-order valence-electron chi connectivity index (χ1n) is 8.97. The summed E-state index contributed by atoms with van der Waals surface area (Å²) in [6.45, 7) is 2.25. The van der Waals surface area contributed by atoms with Gasteiger partial charge in [0, 0.05) is 0 Å². The quantitative estimate of drug-likeness (QED) is 0.214. The Kier molecular flexibility index (Phi) is 6.79. The van der Waals surface area contributed by atoms with Crippen LogP contribution in [0.25, 0.3) is 10.7 Å². The summed E-state index contributed by atoms with van der Waals surface area (Å²) in [6.07, 6.45) is 1.63. The zero-order chi connectivity index (χ0) is 20.9. The van der Waals surface area contributed by atoms with E-state index < -0.39 is 0 Å². The van der Waals surface area contributed by atoms with E-state index >= 15 is 0 Å². The molecule has 0 spiro atoms. The van der Waals surface area contributed by atoms with Crippen molar-refractivity contribution in [3.63, 3.8) is 0 Å². The summed E-state index contributed by atoms with van der Waals surface area (Å²) in [5, 5.41) is 16.7. The number of nitrogens with zero attached hydrogens (tertiary/aromatic N) is 4. The van der Waals surface area contributed by atoms with Gasteiger partial charge in [-0.2, -0.15) is 9.78 Å². The summed E-state index contributed by atoms with van der Waals surface area (Å²) in [5.41, 5.74) is 0. The van der Waals surface area contributed by atoms with E-state index in [0.29, 0.717) is 33.1 Å². The minimum Gasteiger partial charge on any atom is -0.483 e. The van der Waals surface area contributed by atoms with Gasteiger partial charge in [0.05, 0.1) is 21.1 Å². The van der Waals surface area contributed by atoms with E-state index in [1.54, 1.807) is 52.2 Å². The largest absolute Gasteiger partial charge is 0.483 e. The highest BCUT2D eigenvalue weighted by molar-refractivity contribution is 7.99. The molecule has 1 aromatic carbocycles. The van der Waals surface area contributed by atoms with Crippen LogP contribution in [0.5, 0.6) is 5.75 Å². The fourth-order valence-corrected chi connectivity index (χ4v) is 4.38. The maximum atomic E-state index is 6.13. The molecule has 0 aliphatic heterocycles. The number of aromatic nitrogens is 3. The second kappa shape index (κ2) is 9.70. The molecule has 0 saturated carbocycles. The van der Waals surface area contributed by atoms with Crippen LogP contribution in [-0.2, 0) is 6.61 Å². The molecular weight excluding hydrogens is 463 g/mol. The third-order valence-electron chi connectivity index (χ3n) is 3.89. The van der Waals surface area contributed by atoms with Crippen LogP contribution in [0.2, 0.25) is 10.0 Å². The van der Waals surface area contributed by atoms with Gasteiger partial charge in [0.15, 0.2) is 11.6 Å². The van der Waals surface area contributed by atoms with E-state index in [1.807, 2.05) is 29.6 Å². The number of halogens is 2. The predicted molar refractivity (Wildman–Crippen MR) is 122 cm³/mol. The molecule has 0 fully saturated rings. The summed E-state index contributed by atoms with van der Waals surface area (Å²) < 4.78 is 13.2. The van der Waals surface area contributed by atoms with Crippen molar-refractivity contribution < 1.29 is 9.15 Å². The summed E-state index contributed by atoms with van der Waals surface area (Å²) >= 11 is 15.4. The molecule has 3 heterocycles. The normalized spacial score (nSPS) is 11.4. The summed E-state index contributed by atoms with van der Waals surface area (Å²) in [4.78, 5) is 0.993. The van der Waals surface area contributed by atoms with Crippen LogP contribution < -0.4 is 4.74 Å². The highest BCUT2D eigenvalue weighted by atomic mass is 35.5. The molecule has 0 amide bonds. The van der Waals surface area contributed by atoms with Crippen molar-refractivity contribution in [2.75, 3.05) is 5.75 Å². The van der Waals surface area contributed by atoms with Crippen LogP contribution in [0.4, 0.5) is 0 Å². The highest BCUT2D eigenvalue weighted by Crippen LogP contribution is 2.33. The van der Waals surface area contributed by atoms with Gasteiger partial charge in [-0.25, -0.2) is 0 Å². The molecule has 0 bridgehead atoms. The molecule has 6 nitrogen and oxygen atoms in total. The van der Waals surface area contributed by atoms with Crippen molar-refractivity contribution in [3.05, 3.63) is 69.4 Å². The number of hydrogen-bond acceptors (Lipinski definition) is 7. The third kappa shape index (κ3) is 4.73. The Bertz CT molecular complexity index is 1140. The second-order valence-corrected chi connectivity index (χ2v) is 8.91. The van der Waals surface area contributed by atoms with Crippen LogP contribution in [0, 0.1) is 0 Å². The average Bonchev–Trinajstić information content (AvgIpc) is 3.47. The van der Waals surface area contributed by atoms with Gasteiger partial charge in [-0.3, -0.25) is 0 Å². The molecule has 30 heavy (non-hydrogen) atoms. The Labute approximate surface area is 191 Å². The molecule has 0 unspecified atom stereocenters. The van der Waals surface area contributed by atoms with E-state index in [9.17, 15) is 0 Å². The lowest BCUT2D eigenvalue weighted by atomic mass is 10.3. The minimum atomic E-state index is 0.196. The lowest BCUT2D eigenvalue weighted by Gasteiger charge is -2.07. The summed E-state index contributed by atoms with van der Waals surface area (Å²) in [7, 11) is 0. The fraction of sp³-hybridized carbons (Fsp3) is 0.150. The number of benzene rings is 1. The molecule has 0 radical (unpaired) electrons. The lowest BCUT2D eigenvalue weighted by molar-refractivity contribution is 0.270. The van der Waals surface area contributed by atoms with Crippen molar-refractivity contribution in [2.24, 2.45) is 5.10 Å². The zero-order valence-electron chi connectivity index (χ0n) is 15.8. The molecule has 0 aliphatic carbocycles. The van der Waals surface area contributed by atoms with Crippen molar-refractivity contribution in [3.8, 4) is 16.5 Å². The van der Waals surface area contributed by atoms with Gasteiger partial charge in [-0.05, 0) is 41.5 Å². The van der Waals surface area contributed by atoms with Gasteiger partial charge in [0.2, 0.25) is 5.16 Å². The number of ether oxygens (including phenoxy) is 1. The van der Waals surface area contributed by atoms with E-state index in [1.165, 1.54) is 0 Å². The number of furan rings is 1. The highest BCUT2D eigenvalue weighted by Gasteiger charge is 2.14. The Hall–Kier alpha value is -2.26. The van der Waals surface area contributed by atoms with Crippen LogP contribution in [0.1, 0.15) is 18.4 Å². The third-order valence-corrected chi connectivity index (χ3v) is 6.15. The molecule has 4 rings (SSSR count). The minimum absolute atomic E-state index is 0.196. The topological polar surface area (TPSA) is 65.4 Å². The Balaban J connectivity index is 1.51. The smallest absolute Gasteiger partial charge is 0.212 e. The fourth-order valence-electron chi connectivity index (χ4n) is 2.57. The maximum Gasteiger partial charge on any atom is 0.212 e. The van der Waals surface area contributed by atoms with Crippen molar-refractivity contribution in [1.82, 2.24) is 14.9 Å². The maximum absolute atomic E-state index is 6.13. The molecule has 0 atom stereocenters. The van der Waals surface area contributed by atoms with Gasteiger partial charge in [0.1, 0.15) is 18.1 Å². The first-order valence-corrected chi connectivity index (χ1v) is 11.6. The van der Waals surface area contributed by atoms with Crippen LogP contribution in [0.15, 0.2) is 62.5 Å². The first-order chi connectivity index (χ1) is 14.7. The molecular formula is C20H16Cl2N4O2S2. The molecule has 0 N–H and O–H groups in total. The van der Waals surface area contributed by atoms with E-state index in [-0.39, 0.29) is 6.61 Å². The van der Waals surface area contributed by atoms with Gasteiger partial charge in [-0.1, -0.05) is 54.0 Å². The number of thioether (sulfide) groups is 1. The number of hydrogen-bond donors (Lipinski definition) is 0. The van der Waals surface area contributed by atoms with Crippen molar-refractivity contribution in [2.45, 2.75) is 18.7 Å². The lowest BCUT2D eigenvalue weighted by Crippen LogP contribution is -1.96. The monoisotopic (exact) mass is 478 g/mol. The number of para-hydroxylation sites is 1. The standard InChI is InChI=1S/C20H16Cl2N4O2S2/c1-2-29-20-25-24-19(17-7-4-10-30-17)26(20)23-11-13-8-9-14(28-13)12-27-18-15(21)5-3-6-16(18)22/h3-11H,2,12H2,1H3. The average molecular weight is 479 g/mol. The van der Waals surface area contributed by atoms with Crippen molar-refractivity contribution >= 4 is 52.5 Å². The second-order valence-electron chi connectivity index (χ2n) is 5.92. The summed E-state index contributed by atoms with van der Waals surface area (Å²) in [6, 6.07) is 12.8. The van der Waals surface area contributed by atoms with E-state index in [2.05, 4.69) is 22.2 Å². The summed E-state index contributed by atoms with van der Waals surface area (Å²) in [5.74, 6) is 3.19. The van der Waals surface area contributed by atoms with Crippen molar-refractivity contribution in [1.29, 1.82) is 0 Å². The Morgan fingerprint density at radius 2 is 2.00 bits per heavy atom. The van der Waals surface area contributed by atoms with Crippen LogP contribution in [0.3, 0.4) is 0 Å². The Morgan fingerprint density at radius 3 is 2.73 bits per heavy atom. The molecule has 0 aliphatic rings. The SMILES string of the molecule is CCSc1nnc(-c2cccs2)n1N=Cc1ccc(COc2c(Cl)cccc2Cl)o1. The predicted octanol–water partition coefficient (Wildman–Crippen LogP) is 6.48. The molecule has 4 aromatic rings. The number of rotatable bonds is 8. The van der Waals surface area contributed by atoms with Gasteiger partial charge in [-0.15, -0.1) is 21.5 Å². The van der Waals surface area contributed by atoms with Gasteiger partial charge < -0.3 is 9.15 Å². The van der Waals surface area contributed by atoms with Gasteiger partial charge >= 0.3 is 0 Å². The van der Waals surface area contributed by atoms with Gasteiger partial charge in [0.25, 0.3) is 0 Å². The molecule has 10 heteroatoms. The van der Waals surface area contributed by atoms with E-state index in [4.69, 9.17) is 32.4 Å². The zero-order valence-corrected chi connectivity index (χ0v) is 18.9. The van der Waals surface area contributed by atoms with Crippen LogP contribution >= 0.6 is 46.3 Å². The Morgan fingerprint density at radius 1 is 1.17 bits per heavy atom. The van der Waals surface area contributed by atoms with Crippen LogP contribution in [-0.4, -0.2) is 26.8 Å². The first kappa shape index (κ1) is 21.0.